The molecule has 0 unspecified atom stereocenters. The summed E-state index contributed by atoms with van der Waals surface area (Å²) in [7, 11) is 0. The molecule has 0 saturated heterocycles. The number of allylic oxidation sites excluding steroid dienone is 2. The van der Waals surface area contributed by atoms with Crippen molar-refractivity contribution >= 4 is 32.8 Å². The van der Waals surface area contributed by atoms with Crippen LogP contribution in [0.25, 0.3) is 26.1 Å². The van der Waals surface area contributed by atoms with Crippen LogP contribution >= 0.6 is 11.3 Å². The summed E-state index contributed by atoms with van der Waals surface area (Å²) in [5, 5.41) is 1.29. The molecule has 2 heteroatoms. The summed E-state index contributed by atoms with van der Waals surface area (Å²) in [4.78, 5) is 14.5. The van der Waals surface area contributed by atoms with Crippen molar-refractivity contribution in [1.29, 1.82) is 0 Å². The van der Waals surface area contributed by atoms with Gasteiger partial charge in [-0.2, -0.15) is 0 Å². The van der Waals surface area contributed by atoms with E-state index < -0.39 is 0 Å². The van der Waals surface area contributed by atoms with E-state index in [1.54, 1.807) is 0 Å². The van der Waals surface area contributed by atoms with E-state index >= 15 is 0 Å². The van der Waals surface area contributed by atoms with Crippen LogP contribution in [0, 0.1) is 11.8 Å². The van der Waals surface area contributed by atoms with Crippen molar-refractivity contribution in [2.45, 2.75) is 39.5 Å². The zero-order valence-corrected chi connectivity index (χ0v) is 16.7. The Morgan fingerprint density at radius 1 is 1.04 bits per heavy atom. The molecule has 3 aromatic rings. The molecule has 27 heavy (non-hydrogen) atoms. The van der Waals surface area contributed by atoms with Gasteiger partial charge in [0.25, 0.3) is 0 Å². The number of thiophene rings is 1. The predicted octanol–water partition coefficient (Wildman–Crippen LogP) is 6.90. The summed E-state index contributed by atoms with van der Waals surface area (Å²) in [5.41, 5.74) is 6.08. The van der Waals surface area contributed by atoms with Gasteiger partial charge in [-0.25, -0.2) is 0 Å². The van der Waals surface area contributed by atoms with Crippen molar-refractivity contribution in [2.24, 2.45) is 11.8 Å². The second kappa shape index (κ2) is 6.45. The highest BCUT2D eigenvalue weighted by Crippen LogP contribution is 2.47. The van der Waals surface area contributed by atoms with Gasteiger partial charge in [-0.3, -0.25) is 4.79 Å². The van der Waals surface area contributed by atoms with E-state index in [1.165, 1.54) is 43.6 Å². The molecule has 1 aromatic heterocycles. The van der Waals surface area contributed by atoms with Crippen LogP contribution in [0.15, 0.2) is 54.1 Å². The number of Topliss-reactive ketones (excluding diaryl/α,β-unsaturated/α-hetero) is 1. The SMILES string of the molecule is CCc1ccc(-c2cc3ccccc3s2)cc1C1=C(C)[C@H]2CC[C@H](C2)C1=O. The van der Waals surface area contributed by atoms with Crippen molar-refractivity contribution in [2.75, 3.05) is 0 Å². The zero-order valence-electron chi connectivity index (χ0n) is 15.9. The maximum atomic E-state index is 13.2. The van der Waals surface area contributed by atoms with Gasteiger partial charge in [-0.05, 0) is 78.8 Å². The van der Waals surface area contributed by atoms with Crippen molar-refractivity contribution in [3.8, 4) is 10.4 Å². The molecule has 2 atom stereocenters. The molecule has 2 bridgehead atoms. The number of ketones is 1. The first-order valence-electron chi connectivity index (χ1n) is 10.0. The summed E-state index contributed by atoms with van der Waals surface area (Å²) in [6.07, 6.45) is 4.29. The summed E-state index contributed by atoms with van der Waals surface area (Å²) in [6, 6.07) is 17.6. The van der Waals surface area contributed by atoms with Crippen LogP contribution in [0.3, 0.4) is 0 Å². The Morgan fingerprint density at radius 2 is 1.85 bits per heavy atom. The van der Waals surface area contributed by atoms with Gasteiger partial charge in [-0.1, -0.05) is 42.8 Å². The highest BCUT2D eigenvalue weighted by atomic mass is 32.1. The first-order chi connectivity index (χ1) is 13.2. The molecule has 2 aliphatic carbocycles. The van der Waals surface area contributed by atoms with Gasteiger partial charge >= 0.3 is 0 Å². The number of rotatable bonds is 3. The Hall–Kier alpha value is -2.19. The predicted molar refractivity (Wildman–Crippen MR) is 115 cm³/mol. The fourth-order valence-corrected chi connectivity index (χ4v) is 6.01. The van der Waals surface area contributed by atoms with E-state index in [2.05, 4.69) is 62.4 Å². The Labute approximate surface area is 164 Å². The lowest BCUT2D eigenvalue weighted by molar-refractivity contribution is -0.117. The van der Waals surface area contributed by atoms with Gasteiger partial charge in [0.2, 0.25) is 0 Å². The maximum absolute atomic E-state index is 13.2. The molecule has 0 spiro atoms. The van der Waals surface area contributed by atoms with Crippen molar-refractivity contribution in [3.63, 3.8) is 0 Å². The smallest absolute Gasteiger partial charge is 0.166 e. The minimum atomic E-state index is 0.256. The molecule has 2 aliphatic rings. The van der Waals surface area contributed by atoms with Crippen LogP contribution in [0.5, 0.6) is 0 Å². The lowest BCUT2D eigenvalue weighted by Gasteiger charge is -2.25. The molecule has 1 fully saturated rings. The highest BCUT2D eigenvalue weighted by Gasteiger charge is 2.39. The minimum Gasteiger partial charge on any atom is -0.294 e. The van der Waals surface area contributed by atoms with Crippen molar-refractivity contribution < 1.29 is 4.79 Å². The van der Waals surface area contributed by atoms with E-state index in [9.17, 15) is 4.79 Å². The summed E-state index contributed by atoms with van der Waals surface area (Å²) < 4.78 is 1.32. The van der Waals surface area contributed by atoms with E-state index in [0.717, 1.165) is 24.8 Å². The molecule has 0 aliphatic heterocycles. The van der Waals surface area contributed by atoms with E-state index in [1.807, 2.05) is 11.3 Å². The standard InChI is InChI=1S/C25H24OS/c1-3-16-8-10-19(23-14-18-6-4-5-7-22(18)27-23)13-21(16)24-15(2)17-9-11-20(12-17)25(24)26/h4-8,10,13-14,17,20H,3,9,11-12H2,1-2H3/t17-,20+/m0/s1. The third-order valence-corrected chi connectivity index (χ3v) is 7.69. The number of hydrogen-bond acceptors (Lipinski definition) is 2. The highest BCUT2D eigenvalue weighted by molar-refractivity contribution is 7.22. The molecule has 136 valence electrons. The van der Waals surface area contributed by atoms with Gasteiger partial charge in [0.05, 0.1) is 0 Å². The first-order valence-corrected chi connectivity index (χ1v) is 10.8. The topological polar surface area (TPSA) is 17.1 Å². The number of carbonyl (C=O) groups is 1. The van der Waals surface area contributed by atoms with Crippen LogP contribution in [0.2, 0.25) is 0 Å². The number of hydrogen-bond donors (Lipinski definition) is 0. The maximum Gasteiger partial charge on any atom is 0.166 e. The zero-order chi connectivity index (χ0) is 18.5. The van der Waals surface area contributed by atoms with Crippen LogP contribution < -0.4 is 0 Å². The molecule has 5 rings (SSSR count). The fraction of sp³-hybridized carbons (Fsp3) is 0.320. The van der Waals surface area contributed by atoms with E-state index in [0.29, 0.717) is 11.7 Å². The third-order valence-electron chi connectivity index (χ3n) is 6.53. The Kier molecular flexibility index (Phi) is 4.05. The molecular weight excluding hydrogens is 348 g/mol. The van der Waals surface area contributed by atoms with Crippen LogP contribution in [0.1, 0.15) is 44.2 Å². The van der Waals surface area contributed by atoms with Crippen molar-refractivity contribution in [1.82, 2.24) is 0 Å². The Balaban J connectivity index is 1.67. The van der Waals surface area contributed by atoms with E-state index in [4.69, 9.17) is 0 Å². The lowest BCUT2D eigenvalue weighted by atomic mass is 9.78. The summed E-state index contributed by atoms with van der Waals surface area (Å²) in [5.74, 6) is 1.26. The van der Waals surface area contributed by atoms with Crippen LogP contribution in [-0.4, -0.2) is 5.78 Å². The molecular formula is C25H24OS. The van der Waals surface area contributed by atoms with Gasteiger partial charge in [0.15, 0.2) is 5.78 Å². The molecule has 1 nitrogen and oxygen atoms in total. The molecule has 1 saturated carbocycles. The van der Waals surface area contributed by atoms with E-state index in [-0.39, 0.29) is 5.92 Å². The molecule has 0 N–H and O–H groups in total. The largest absolute Gasteiger partial charge is 0.294 e. The van der Waals surface area contributed by atoms with Gasteiger partial charge < -0.3 is 0 Å². The average Bonchev–Trinajstić information content (AvgIpc) is 3.32. The molecule has 0 radical (unpaired) electrons. The fourth-order valence-electron chi connectivity index (χ4n) is 4.96. The average molecular weight is 373 g/mol. The normalized spacial score (nSPS) is 22.1. The third kappa shape index (κ3) is 2.70. The summed E-state index contributed by atoms with van der Waals surface area (Å²) in [6.45, 7) is 4.39. The first kappa shape index (κ1) is 16.9. The number of aryl methyl sites for hydroxylation is 1. The molecule has 1 heterocycles. The van der Waals surface area contributed by atoms with Crippen LogP contribution in [0.4, 0.5) is 0 Å². The second-order valence-electron chi connectivity index (χ2n) is 8.00. The lowest BCUT2D eigenvalue weighted by Crippen LogP contribution is -2.21. The van der Waals surface area contributed by atoms with Gasteiger partial charge in [-0.15, -0.1) is 11.3 Å². The van der Waals surface area contributed by atoms with Gasteiger partial charge in [0.1, 0.15) is 0 Å². The Morgan fingerprint density at radius 3 is 2.67 bits per heavy atom. The number of benzene rings is 2. The number of fused-ring (bicyclic) bond motifs is 3. The monoisotopic (exact) mass is 372 g/mol. The number of carbonyl (C=O) groups excluding carboxylic acids is 1. The second-order valence-corrected chi connectivity index (χ2v) is 9.09. The summed E-state index contributed by atoms with van der Waals surface area (Å²) >= 11 is 1.83. The molecule has 2 aromatic carbocycles. The van der Waals surface area contributed by atoms with Crippen molar-refractivity contribution in [3.05, 3.63) is 65.2 Å². The van der Waals surface area contributed by atoms with Crippen LogP contribution in [-0.2, 0) is 11.2 Å². The quantitative estimate of drug-likeness (QED) is 0.488. The van der Waals surface area contributed by atoms with Gasteiger partial charge in [0, 0.05) is 21.1 Å². The Bertz CT molecular complexity index is 1050. The molecule has 0 amide bonds. The minimum absolute atomic E-state index is 0.256.